The van der Waals surface area contributed by atoms with Crippen molar-refractivity contribution in [3.8, 4) is 0 Å². The van der Waals surface area contributed by atoms with E-state index in [4.69, 9.17) is 5.73 Å². The molecule has 0 saturated heterocycles. The molecule has 0 saturated carbocycles. The number of carbonyl (C=O) groups is 2. The van der Waals surface area contributed by atoms with E-state index >= 15 is 0 Å². The molecule has 0 bridgehead atoms. The van der Waals surface area contributed by atoms with E-state index in [0.29, 0.717) is 21.8 Å². The molecule has 2 aromatic rings. The number of nitrogens with two attached hydrogens (primary N) is 1. The lowest BCUT2D eigenvalue weighted by Crippen LogP contribution is -2.14. The second-order valence-corrected chi connectivity index (χ2v) is 4.65. The van der Waals surface area contributed by atoms with Gasteiger partial charge in [-0.1, -0.05) is 6.07 Å². The van der Waals surface area contributed by atoms with Crippen LogP contribution < -0.4 is 11.1 Å². The molecule has 0 fully saturated rings. The maximum Gasteiger partial charge on any atom is 0.350 e. The van der Waals surface area contributed by atoms with Crippen molar-refractivity contribution in [2.75, 3.05) is 18.2 Å². The van der Waals surface area contributed by atoms with Crippen molar-refractivity contribution < 1.29 is 14.3 Å². The summed E-state index contributed by atoms with van der Waals surface area (Å²) >= 11 is 1.21. The number of methoxy groups -OCH3 is 1. The third-order valence-electron chi connectivity index (χ3n) is 2.43. The SMILES string of the molecule is COC(=O)c1sccc1NC(=O)c1cccc(N)c1. The Morgan fingerprint density at radius 1 is 1.32 bits per heavy atom. The zero-order chi connectivity index (χ0) is 13.8. The Morgan fingerprint density at radius 3 is 2.79 bits per heavy atom. The first-order chi connectivity index (χ1) is 9.11. The first kappa shape index (κ1) is 13.1. The summed E-state index contributed by atoms with van der Waals surface area (Å²) in [6.07, 6.45) is 0. The minimum Gasteiger partial charge on any atom is -0.465 e. The van der Waals surface area contributed by atoms with Gasteiger partial charge in [-0.25, -0.2) is 4.79 Å². The molecule has 2 rings (SSSR count). The van der Waals surface area contributed by atoms with Gasteiger partial charge in [0.2, 0.25) is 0 Å². The maximum atomic E-state index is 12.0. The molecular weight excluding hydrogens is 264 g/mol. The lowest BCUT2D eigenvalue weighted by Gasteiger charge is -2.06. The normalized spacial score (nSPS) is 9.95. The van der Waals surface area contributed by atoms with E-state index in [1.807, 2.05) is 0 Å². The molecule has 0 radical (unpaired) electrons. The summed E-state index contributed by atoms with van der Waals surface area (Å²) in [6.45, 7) is 0. The third-order valence-corrected chi connectivity index (χ3v) is 3.33. The number of benzene rings is 1. The molecule has 0 aliphatic carbocycles. The molecule has 1 aromatic heterocycles. The summed E-state index contributed by atoms with van der Waals surface area (Å²) in [5.41, 5.74) is 6.99. The topological polar surface area (TPSA) is 81.4 Å². The van der Waals surface area contributed by atoms with Crippen LogP contribution in [0.15, 0.2) is 35.7 Å². The lowest BCUT2D eigenvalue weighted by molar-refractivity contribution is 0.0607. The number of hydrogen-bond donors (Lipinski definition) is 2. The van der Waals surface area contributed by atoms with Crippen molar-refractivity contribution in [2.24, 2.45) is 0 Å². The van der Waals surface area contributed by atoms with E-state index in [1.165, 1.54) is 18.4 Å². The number of amides is 1. The van der Waals surface area contributed by atoms with Gasteiger partial charge in [-0.2, -0.15) is 0 Å². The van der Waals surface area contributed by atoms with Crippen LogP contribution in [0.5, 0.6) is 0 Å². The van der Waals surface area contributed by atoms with Crippen molar-refractivity contribution in [3.63, 3.8) is 0 Å². The number of nitrogen functional groups attached to an aromatic ring is 1. The molecule has 19 heavy (non-hydrogen) atoms. The average Bonchev–Trinajstić information content (AvgIpc) is 2.86. The zero-order valence-corrected chi connectivity index (χ0v) is 11.0. The summed E-state index contributed by atoms with van der Waals surface area (Å²) in [5.74, 6) is -0.797. The molecule has 5 nitrogen and oxygen atoms in total. The van der Waals surface area contributed by atoms with Crippen molar-refractivity contribution >= 4 is 34.6 Å². The maximum absolute atomic E-state index is 12.0. The van der Waals surface area contributed by atoms with Crippen LogP contribution >= 0.6 is 11.3 Å². The Hall–Kier alpha value is -2.34. The number of rotatable bonds is 3. The number of ether oxygens (including phenoxy) is 1. The third kappa shape index (κ3) is 2.92. The van der Waals surface area contributed by atoms with Crippen LogP contribution in [0, 0.1) is 0 Å². The van der Waals surface area contributed by atoms with Gasteiger partial charge in [-0.05, 0) is 29.6 Å². The molecule has 1 heterocycles. The minimum atomic E-state index is -0.474. The highest BCUT2D eigenvalue weighted by Gasteiger charge is 2.16. The van der Waals surface area contributed by atoms with Gasteiger partial charge in [0.05, 0.1) is 12.8 Å². The van der Waals surface area contributed by atoms with Crippen LogP contribution in [0.2, 0.25) is 0 Å². The molecule has 6 heteroatoms. The summed E-state index contributed by atoms with van der Waals surface area (Å²) in [4.78, 5) is 23.9. The molecule has 0 aliphatic rings. The van der Waals surface area contributed by atoms with E-state index in [-0.39, 0.29) is 5.91 Å². The van der Waals surface area contributed by atoms with Crippen LogP contribution in [-0.4, -0.2) is 19.0 Å². The molecule has 0 atom stereocenters. The summed E-state index contributed by atoms with van der Waals surface area (Å²) in [7, 11) is 1.30. The van der Waals surface area contributed by atoms with Crippen LogP contribution in [0.3, 0.4) is 0 Å². The second kappa shape index (κ2) is 5.53. The Labute approximate surface area is 114 Å². The number of anilines is 2. The van der Waals surface area contributed by atoms with Gasteiger partial charge < -0.3 is 15.8 Å². The Morgan fingerprint density at radius 2 is 2.11 bits per heavy atom. The smallest absolute Gasteiger partial charge is 0.350 e. The van der Waals surface area contributed by atoms with Crippen LogP contribution in [0.25, 0.3) is 0 Å². The molecule has 1 aromatic carbocycles. The van der Waals surface area contributed by atoms with E-state index in [0.717, 1.165) is 0 Å². The standard InChI is InChI=1S/C13H12N2O3S/c1-18-13(17)11-10(5-6-19-11)15-12(16)8-3-2-4-9(14)7-8/h2-7H,14H2,1H3,(H,15,16). The number of hydrogen-bond acceptors (Lipinski definition) is 5. The summed E-state index contributed by atoms with van der Waals surface area (Å²) < 4.78 is 4.64. The number of nitrogens with one attached hydrogen (secondary N) is 1. The molecule has 1 amide bonds. The highest BCUT2D eigenvalue weighted by molar-refractivity contribution is 7.12. The summed E-state index contributed by atoms with van der Waals surface area (Å²) in [5, 5.41) is 4.37. The fraction of sp³-hybridized carbons (Fsp3) is 0.0769. The predicted octanol–water partition coefficient (Wildman–Crippen LogP) is 2.37. The van der Waals surface area contributed by atoms with Gasteiger partial charge in [-0.15, -0.1) is 11.3 Å². The fourth-order valence-corrected chi connectivity index (χ4v) is 2.30. The van der Waals surface area contributed by atoms with Gasteiger partial charge in [0.25, 0.3) is 5.91 Å². The van der Waals surface area contributed by atoms with Crippen molar-refractivity contribution in [2.45, 2.75) is 0 Å². The van der Waals surface area contributed by atoms with Crippen molar-refractivity contribution in [1.82, 2.24) is 0 Å². The number of thiophene rings is 1. The van der Waals surface area contributed by atoms with Gasteiger partial charge in [0.15, 0.2) is 0 Å². The lowest BCUT2D eigenvalue weighted by atomic mass is 10.2. The Bertz CT molecular complexity index is 622. The summed E-state index contributed by atoms with van der Waals surface area (Å²) in [6, 6.07) is 8.26. The molecule has 0 aliphatic heterocycles. The monoisotopic (exact) mass is 276 g/mol. The van der Waals surface area contributed by atoms with E-state index < -0.39 is 5.97 Å². The quantitative estimate of drug-likeness (QED) is 0.666. The van der Waals surface area contributed by atoms with Crippen molar-refractivity contribution in [1.29, 1.82) is 0 Å². The van der Waals surface area contributed by atoms with Crippen molar-refractivity contribution in [3.05, 3.63) is 46.2 Å². The zero-order valence-electron chi connectivity index (χ0n) is 10.2. The first-order valence-corrected chi connectivity index (χ1v) is 6.32. The minimum absolute atomic E-state index is 0.323. The molecule has 3 N–H and O–H groups in total. The van der Waals surface area contributed by atoms with E-state index in [9.17, 15) is 9.59 Å². The van der Waals surface area contributed by atoms with Gasteiger partial charge in [-0.3, -0.25) is 4.79 Å². The fourth-order valence-electron chi connectivity index (χ4n) is 1.53. The second-order valence-electron chi connectivity index (χ2n) is 3.73. The molecule has 98 valence electrons. The largest absolute Gasteiger partial charge is 0.465 e. The average molecular weight is 276 g/mol. The molecule has 0 unspecified atom stereocenters. The van der Waals surface area contributed by atoms with Crippen LogP contribution in [0.4, 0.5) is 11.4 Å². The van der Waals surface area contributed by atoms with Crippen LogP contribution in [-0.2, 0) is 4.74 Å². The van der Waals surface area contributed by atoms with Gasteiger partial charge in [0.1, 0.15) is 4.88 Å². The van der Waals surface area contributed by atoms with E-state index in [2.05, 4.69) is 10.1 Å². The number of esters is 1. The molecular formula is C13H12N2O3S. The van der Waals surface area contributed by atoms with Crippen LogP contribution in [0.1, 0.15) is 20.0 Å². The predicted molar refractivity (Wildman–Crippen MR) is 74.5 cm³/mol. The first-order valence-electron chi connectivity index (χ1n) is 5.44. The van der Waals surface area contributed by atoms with Gasteiger partial charge in [0, 0.05) is 11.3 Å². The highest BCUT2D eigenvalue weighted by Crippen LogP contribution is 2.23. The van der Waals surface area contributed by atoms with Gasteiger partial charge >= 0.3 is 5.97 Å². The Balaban J connectivity index is 2.20. The number of carbonyl (C=O) groups excluding carboxylic acids is 2. The Kier molecular flexibility index (Phi) is 3.82. The van der Waals surface area contributed by atoms with E-state index in [1.54, 1.807) is 35.7 Å². The highest BCUT2D eigenvalue weighted by atomic mass is 32.1. The molecule has 0 spiro atoms.